The summed E-state index contributed by atoms with van der Waals surface area (Å²) in [6, 6.07) is 14.0. The standard InChI is InChI=1S/C27H28N2O2S/c1-6-24-28-26-25(22(15-32-26)20-11-9-19(10-12-20)16(2)3)27(31)29(24)14-23(30)21-8-7-17(4)18(5)13-21/h7-13,15-16H,6,14H2,1-5H3. The van der Waals surface area contributed by atoms with E-state index in [4.69, 9.17) is 4.98 Å². The monoisotopic (exact) mass is 444 g/mol. The van der Waals surface area contributed by atoms with E-state index in [0.717, 1.165) is 27.1 Å². The van der Waals surface area contributed by atoms with Gasteiger partial charge in [-0.3, -0.25) is 14.2 Å². The van der Waals surface area contributed by atoms with Crippen molar-refractivity contribution in [2.24, 2.45) is 0 Å². The number of Topliss-reactive ketones (excluding diaryl/α,β-unsaturated/α-hetero) is 1. The molecule has 0 atom stereocenters. The molecule has 0 unspecified atom stereocenters. The van der Waals surface area contributed by atoms with Crippen molar-refractivity contribution in [3.8, 4) is 11.1 Å². The lowest BCUT2D eigenvalue weighted by atomic mass is 9.99. The lowest BCUT2D eigenvalue weighted by molar-refractivity contribution is 0.0969. The van der Waals surface area contributed by atoms with E-state index in [1.807, 2.05) is 44.4 Å². The molecule has 0 saturated carbocycles. The second-order valence-electron chi connectivity index (χ2n) is 8.60. The molecule has 0 N–H and O–H groups in total. The third-order valence-electron chi connectivity index (χ3n) is 6.11. The molecule has 2 aromatic heterocycles. The molecule has 0 aliphatic carbocycles. The van der Waals surface area contributed by atoms with Gasteiger partial charge in [0.05, 0.1) is 11.9 Å². The van der Waals surface area contributed by atoms with Crippen LogP contribution in [0.4, 0.5) is 0 Å². The minimum atomic E-state index is -0.145. The van der Waals surface area contributed by atoms with Gasteiger partial charge in [-0.25, -0.2) is 4.98 Å². The number of carbonyl (C=O) groups is 1. The van der Waals surface area contributed by atoms with Crippen molar-refractivity contribution in [3.63, 3.8) is 0 Å². The molecule has 32 heavy (non-hydrogen) atoms. The highest BCUT2D eigenvalue weighted by Gasteiger charge is 2.19. The van der Waals surface area contributed by atoms with Crippen LogP contribution in [0.25, 0.3) is 21.3 Å². The topological polar surface area (TPSA) is 52.0 Å². The fourth-order valence-corrected chi connectivity index (χ4v) is 4.87. The highest BCUT2D eigenvalue weighted by molar-refractivity contribution is 7.17. The van der Waals surface area contributed by atoms with Gasteiger partial charge in [-0.05, 0) is 48.1 Å². The Kier molecular flexibility index (Phi) is 6.11. The van der Waals surface area contributed by atoms with Crippen molar-refractivity contribution in [1.29, 1.82) is 0 Å². The van der Waals surface area contributed by atoms with Crippen LogP contribution in [-0.2, 0) is 13.0 Å². The number of thiophene rings is 1. The zero-order chi connectivity index (χ0) is 23.0. The smallest absolute Gasteiger partial charge is 0.263 e. The SMILES string of the molecule is CCc1nc2scc(-c3ccc(C(C)C)cc3)c2c(=O)n1CC(=O)c1ccc(C)c(C)c1. The molecule has 0 aliphatic rings. The lowest BCUT2D eigenvalue weighted by Gasteiger charge is -2.12. The third kappa shape index (κ3) is 4.05. The van der Waals surface area contributed by atoms with Crippen LogP contribution in [0, 0.1) is 13.8 Å². The number of nitrogens with zero attached hydrogens (tertiary/aromatic N) is 2. The quantitative estimate of drug-likeness (QED) is 0.327. The van der Waals surface area contributed by atoms with E-state index in [0.29, 0.717) is 29.1 Å². The van der Waals surface area contributed by atoms with Crippen LogP contribution in [0.3, 0.4) is 0 Å². The molecular formula is C27H28N2O2S. The van der Waals surface area contributed by atoms with Crippen molar-refractivity contribution < 1.29 is 4.79 Å². The highest BCUT2D eigenvalue weighted by Crippen LogP contribution is 2.32. The molecule has 0 bridgehead atoms. The van der Waals surface area contributed by atoms with Crippen LogP contribution in [0.1, 0.15) is 59.6 Å². The minimum absolute atomic E-state index is 0.00494. The Bertz CT molecular complexity index is 1360. The van der Waals surface area contributed by atoms with E-state index in [1.54, 1.807) is 4.57 Å². The van der Waals surface area contributed by atoms with Gasteiger partial charge in [-0.1, -0.05) is 57.2 Å². The summed E-state index contributed by atoms with van der Waals surface area (Å²) in [6.07, 6.45) is 0.585. The molecule has 164 valence electrons. The first kappa shape index (κ1) is 22.2. The fourth-order valence-electron chi connectivity index (χ4n) is 3.91. The average Bonchev–Trinajstić information content (AvgIpc) is 3.21. The predicted octanol–water partition coefficient (Wildman–Crippen LogP) is 6.31. The third-order valence-corrected chi connectivity index (χ3v) is 6.98. The van der Waals surface area contributed by atoms with Gasteiger partial charge in [0.1, 0.15) is 10.7 Å². The van der Waals surface area contributed by atoms with E-state index in [1.165, 1.54) is 16.9 Å². The Hall–Kier alpha value is -3.05. The van der Waals surface area contributed by atoms with Gasteiger partial charge in [-0.15, -0.1) is 11.3 Å². The molecule has 4 aromatic rings. The van der Waals surface area contributed by atoms with Crippen LogP contribution >= 0.6 is 11.3 Å². The maximum Gasteiger partial charge on any atom is 0.263 e. The van der Waals surface area contributed by atoms with E-state index in [2.05, 4.69) is 38.1 Å². The minimum Gasteiger partial charge on any atom is -0.292 e. The van der Waals surface area contributed by atoms with Crippen LogP contribution in [0.2, 0.25) is 0 Å². The first-order valence-electron chi connectivity index (χ1n) is 11.0. The van der Waals surface area contributed by atoms with Crippen LogP contribution in [0.15, 0.2) is 52.6 Å². The summed E-state index contributed by atoms with van der Waals surface area (Å²) in [5.74, 6) is 1.01. The van der Waals surface area contributed by atoms with Gasteiger partial charge in [-0.2, -0.15) is 0 Å². The maximum absolute atomic E-state index is 13.6. The number of hydrogen-bond donors (Lipinski definition) is 0. The normalized spacial score (nSPS) is 11.4. The molecule has 0 fully saturated rings. The number of benzene rings is 2. The number of hydrogen-bond acceptors (Lipinski definition) is 4. The number of aromatic nitrogens is 2. The number of fused-ring (bicyclic) bond motifs is 1. The first-order valence-corrected chi connectivity index (χ1v) is 11.9. The molecule has 2 heterocycles. The number of ketones is 1. The molecular weight excluding hydrogens is 416 g/mol. The van der Waals surface area contributed by atoms with Gasteiger partial charge in [0.2, 0.25) is 0 Å². The Balaban J connectivity index is 1.79. The van der Waals surface area contributed by atoms with Crippen molar-refractivity contribution >= 4 is 27.3 Å². The number of aryl methyl sites for hydroxylation is 3. The molecule has 0 spiro atoms. The fraction of sp³-hybridized carbons (Fsp3) is 0.296. The summed E-state index contributed by atoms with van der Waals surface area (Å²) in [5.41, 5.74) is 5.82. The second kappa shape index (κ2) is 8.83. The number of rotatable bonds is 6. The second-order valence-corrected chi connectivity index (χ2v) is 9.46. The van der Waals surface area contributed by atoms with E-state index < -0.39 is 0 Å². The summed E-state index contributed by atoms with van der Waals surface area (Å²) in [5, 5.41) is 2.59. The Morgan fingerprint density at radius 3 is 2.41 bits per heavy atom. The van der Waals surface area contributed by atoms with Gasteiger partial charge < -0.3 is 0 Å². The molecule has 0 amide bonds. The highest BCUT2D eigenvalue weighted by atomic mass is 32.1. The summed E-state index contributed by atoms with van der Waals surface area (Å²) in [7, 11) is 0. The molecule has 2 aromatic carbocycles. The van der Waals surface area contributed by atoms with Crippen molar-refractivity contribution in [1.82, 2.24) is 9.55 Å². The van der Waals surface area contributed by atoms with Crippen LogP contribution in [-0.4, -0.2) is 15.3 Å². The predicted molar refractivity (Wildman–Crippen MR) is 133 cm³/mol. The van der Waals surface area contributed by atoms with E-state index >= 15 is 0 Å². The Morgan fingerprint density at radius 2 is 1.78 bits per heavy atom. The van der Waals surface area contributed by atoms with Crippen molar-refractivity contribution in [2.75, 3.05) is 0 Å². The molecule has 0 saturated heterocycles. The van der Waals surface area contributed by atoms with Crippen LogP contribution < -0.4 is 5.56 Å². The molecule has 0 radical (unpaired) electrons. The number of carbonyl (C=O) groups excluding carboxylic acids is 1. The van der Waals surface area contributed by atoms with Crippen LogP contribution in [0.5, 0.6) is 0 Å². The Morgan fingerprint density at radius 1 is 1.06 bits per heavy atom. The summed E-state index contributed by atoms with van der Waals surface area (Å²) in [4.78, 5) is 32.1. The summed E-state index contributed by atoms with van der Waals surface area (Å²) < 4.78 is 1.55. The van der Waals surface area contributed by atoms with Gasteiger partial charge in [0, 0.05) is 22.9 Å². The van der Waals surface area contributed by atoms with Crippen molar-refractivity contribution in [3.05, 3.63) is 86.3 Å². The zero-order valence-corrected chi connectivity index (χ0v) is 20.0. The molecule has 5 heteroatoms. The first-order chi connectivity index (χ1) is 15.3. The summed E-state index contributed by atoms with van der Waals surface area (Å²) >= 11 is 1.48. The van der Waals surface area contributed by atoms with Gasteiger partial charge >= 0.3 is 0 Å². The molecule has 4 rings (SSSR count). The average molecular weight is 445 g/mol. The van der Waals surface area contributed by atoms with E-state index in [9.17, 15) is 9.59 Å². The molecule has 4 nitrogen and oxygen atoms in total. The lowest BCUT2D eigenvalue weighted by Crippen LogP contribution is -2.28. The van der Waals surface area contributed by atoms with Gasteiger partial charge in [0.25, 0.3) is 5.56 Å². The van der Waals surface area contributed by atoms with E-state index in [-0.39, 0.29) is 17.9 Å². The molecule has 0 aliphatic heterocycles. The Labute approximate surface area is 192 Å². The van der Waals surface area contributed by atoms with Gasteiger partial charge in [0.15, 0.2) is 5.78 Å². The largest absolute Gasteiger partial charge is 0.292 e. The van der Waals surface area contributed by atoms with Crippen molar-refractivity contribution in [2.45, 2.75) is 53.5 Å². The summed E-state index contributed by atoms with van der Waals surface area (Å²) in [6.45, 7) is 10.3. The maximum atomic E-state index is 13.6. The zero-order valence-electron chi connectivity index (χ0n) is 19.2.